The summed E-state index contributed by atoms with van der Waals surface area (Å²) in [5, 5.41) is 0.932. The van der Waals surface area contributed by atoms with Crippen LogP contribution in [0.4, 0.5) is 17.6 Å². The highest BCUT2D eigenvalue weighted by Crippen LogP contribution is 2.34. The molecule has 0 unspecified atom stereocenters. The summed E-state index contributed by atoms with van der Waals surface area (Å²) in [6, 6.07) is 18.1. The molecule has 0 atom stereocenters. The lowest BCUT2D eigenvalue weighted by Gasteiger charge is -2.09. The van der Waals surface area contributed by atoms with Gasteiger partial charge in [-0.1, -0.05) is 24.3 Å². The van der Waals surface area contributed by atoms with E-state index < -0.39 is 17.6 Å². The van der Waals surface area contributed by atoms with Crippen molar-refractivity contribution >= 4 is 10.9 Å². The van der Waals surface area contributed by atoms with Gasteiger partial charge < -0.3 is 4.98 Å². The lowest BCUT2D eigenvalue weighted by molar-refractivity contribution is -0.140. The number of hydrogen-bond donors (Lipinski definition) is 1. The Morgan fingerprint density at radius 3 is 2.56 bits per heavy atom. The maximum Gasteiger partial charge on any atom is 0.419 e. The summed E-state index contributed by atoms with van der Waals surface area (Å²) in [5.41, 5.74) is 3.40. The molecule has 4 nitrogen and oxygen atoms in total. The van der Waals surface area contributed by atoms with Crippen molar-refractivity contribution in [3.8, 4) is 22.6 Å². The Hall–Kier alpha value is -4.07. The average molecular weight is 462 g/mol. The molecule has 5 aromatic rings. The fraction of sp³-hybridized carbons (Fsp3) is 0.115. The molecule has 0 radical (unpaired) electrons. The van der Waals surface area contributed by atoms with E-state index >= 15 is 0 Å². The van der Waals surface area contributed by atoms with Crippen LogP contribution in [0.15, 0.2) is 72.9 Å². The molecule has 0 spiro atoms. The second kappa shape index (κ2) is 8.37. The van der Waals surface area contributed by atoms with E-state index in [9.17, 15) is 17.6 Å². The molecule has 0 aliphatic rings. The van der Waals surface area contributed by atoms with Crippen molar-refractivity contribution in [3.63, 3.8) is 0 Å². The van der Waals surface area contributed by atoms with Gasteiger partial charge >= 0.3 is 6.18 Å². The number of pyridine rings is 2. The van der Waals surface area contributed by atoms with Crippen LogP contribution in [0.2, 0.25) is 0 Å². The molecule has 0 aliphatic heterocycles. The summed E-state index contributed by atoms with van der Waals surface area (Å²) < 4.78 is 53.2. The average Bonchev–Trinajstić information content (AvgIpc) is 3.23. The molecule has 0 saturated carbocycles. The highest BCUT2D eigenvalue weighted by molar-refractivity contribution is 5.86. The van der Waals surface area contributed by atoms with Gasteiger partial charge in [-0.15, -0.1) is 0 Å². The van der Waals surface area contributed by atoms with Crippen LogP contribution in [0.3, 0.4) is 0 Å². The SMILES string of the molecule is Cc1cccc(-c2[nH]c(Cc3ccc(F)c(C(F)(F)F)c3)nc2-c2ccc3ncccc3c2)n1. The Bertz CT molecular complexity index is 1500. The van der Waals surface area contributed by atoms with E-state index in [4.69, 9.17) is 4.98 Å². The fourth-order valence-corrected chi connectivity index (χ4v) is 3.90. The minimum atomic E-state index is -4.77. The maximum absolute atomic E-state index is 13.7. The fourth-order valence-electron chi connectivity index (χ4n) is 3.90. The predicted octanol–water partition coefficient (Wildman–Crippen LogP) is 6.74. The normalized spacial score (nSPS) is 11.8. The van der Waals surface area contributed by atoms with Gasteiger partial charge in [0.1, 0.15) is 11.6 Å². The Kier molecular flexibility index (Phi) is 5.36. The van der Waals surface area contributed by atoms with E-state index in [0.29, 0.717) is 28.5 Å². The minimum Gasteiger partial charge on any atom is -0.340 e. The molecule has 0 bridgehead atoms. The number of imidazole rings is 1. The standard InChI is InChI=1S/C26H18F4N4/c1-15-4-2-6-22(32-15)25-24(18-8-10-21-17(14-18)5-3-11-31-21)33-23(34-25)13-16-7-9-20(27)19(12-16)26(28,29)30/h2-12,14H,13H2,1H3,(H,33,34). The largest absolute Gasteiger partial charge is 0.419 e. The van der Waals surface area contributed by atoms with E-state index in [2.05, 4.69) is 15.0 Å². The van der Waals surface area contributed by atoms with Gasteiger partial charge in [0, 0.05) is 29.3 Å². The lowest BCUT2D eigenvalue weighted by Crippen LogP contribution is -2.09. The first kappa shape index (κ1) is 21.8. The molecule has 170 valence electrons. The van der Waals surface area contributed by atoms with Crippen molar-refractivity contribution in [2.75, 3.05) is 0 Å². The Labute approximate surface area is 192 Å². The van der Waals surface area contributed by atoms with Crippen molar-refractivity contribution in [1.82, 2.24) is 19.9 Å². The number of aromatic amines is 1. The Balaban J connectivity index is 1.61. The van der Waals surface area contributed by atoms with E-state index in [1.165, 1.54) is 6.07 Å². The number of alkyl halides is 3. The molecule has 0 amide bonds. The molecular formula is C26H18F4N4. The van der Waals surface area contributed by atoms with Crippen LogP contribution in [0, 0.1) is 12.7 Å². The summed E-state index contributed by atoms with van der Waals surface area (Å²) in [4.78, 5) is 16.9. The van der Waals surface area contributed by atoms with Gasteiger partial charge in [0.2, 0.25) is 0 Å². The van der Waals surface area contributed by atoms with Gasteiger partial charge in [-0.05, 0) is 55.0 Å². The Morgan fingerprint density at radius 2 is 1.76 bits per heavy atom. The number of benzene rings is 2. The molecule has 0 fully saturated rings. The maximum atomic E-state index is 13.7. The van der Waals surface area contributed by atoms with Crippen LogP contribution < -0.4 is 0 Å². The molecular weight excluding hydrogens is 444 g/mol. The van der Waals surface area contributed by atoms with Crippen molar-refractivity contribution in [2.24, 2.45) is 0 Å². The van der Waals surface area contributed by atoms with Crippen LogP contribution in [0.5, 0.6) is 0 Å². The third-order valence-electron chi connectivity index (χ3n) is 5.48. The van der Waals surface area contributed by atoms with Gasteiger partial charge in [0.25, 0.3) is 0 Å². The smallest absolute Gasteiger partial charge is 0.340 e. The summed E-state index contributed by atoms with van der Waals surface area (Å²) in [7, 11) is 0. The molecule has 5 rings (SSSR count). The highest BCUT2D eigenvalue weighted by atomic mass is 19.4. The molecule has 2 aromatic carbocycles. The lowest BCUT2D eigenvalue weighted by atomic mass is 10.1. The number of aryl methyl sites for hydroxylation is 1. The first-order valence-electron chi connectivity index (χ1n) is 10.5. The highest BCUT2D eigenvalue weighted by Gasteiger charge is 2.34. The number of H-pyrrole nitrogens is 1. The van der Waals surface area contributed by atoms with Crippen LogP contribution in [-0.2, 0) is 12.6 Å². The molecule has 3 heterocycles. The van der Waals surface area contributed by atoms with Crippen molar-refractivity contribution in [1.29, 1.82) is 0 Å². The number of rotatable bonds is 4. The van der Waals surface area contributed by atoms with E-state index in [1.807, 2.05) is 55.5 Å². The second-order valence-electron chi connectivity index (χ2n) is 7.97. The summed E-state index contributed by atoms with van der Waals surface area (Å²) in [6.07, 6.45) is -2.99. The quantitative estimate of drug-likeness (QED) is 0.301. The van der Waals surface area contributed by atoms with Gasteiger partial charge in [-0.25, -0.2) is 9.37 Å². The molecule has 34 heavy (non-hydrogen) atoms. The van der Waals surface area contributed by atoms with Crippen molar-refractivity contribution in [2.45, 2.75) is 19.5 Å². The molecule has 0 aliphatic carbocycles. The molecule has 8 heteroatoms. The van der Waals surface area contributed by atoms with E-state index in [0.717, 1.165) is 34.3 Å². The number of hydrogen-bond acceptors (Lipinski definition) is 3. The number of fused-ring (bicyclic) bond motifs is 1. The first-order valence-corrected chi connectivity index (χ1v) is 10.5. The predicted molar refractivity (Wildman–Crippen MR) is 122 cm³/mol. The Morgan fingerprint density at radius 1 is 0.912 bits per heavy atom. The molecule has 1 N–H and O–H groups in total. The molecule has 0 saturated heterocycles. The third-order valence-corrected chi connectivity index (χ3v) is 5.48. The summed E-state index contributed by atoms with van der Waals surface area (Å²) in [6.45, 7) is 1.87. The van der Waals surface area contributed by atoms with Crippen LogP contribution in [-0.4, -0.2) is 19.9 Å². The zero-order valence-electron chi connectivity index (χ0n) is 18.0. The number of halogens is 4. The van der Waals surface area contributed by atoms with Crippen LogP contribution in [0.25, 0.3) is 33.5 Å². The van der Waals surface area contributed by atoms with E-state index in [-0.39, 0.29) is 6.42 Å². The third kappa shape index (κ3) is 4.26. The zero-order valence-corrected chi connectivity index (χ0v) is 18.0. The second-order valence-corrected chi connectivity index (χ2v) is 7.97. The van der Waals surface area contributed by atoms with Crippen LogP contribution in [0.1, 0.15) is 22.6 Å². The van der Waals surface area contributed by atoms with Gasteiger partial charge in [0.05, 0.1) is 28.2 Å². The van der Waals surface area contributed by atoms with Crippen molar-refractivity contribution < 1.29 is 17.6 Å². The van der Waals surface area contributed by atoms with Gasteiger partial charge in [-0.3, -0.25) is 9.97 Å². The number of nitrogens with one attached hydrogen (secondary N) is 1. The van der Waals surface area contributed by atoms with E-state index in [1.54, 1.807) is 6.20 Å². The monoisotopic (exact) mass is 462 g/mol. The van der Waals surface area contributed by atoms with Gasteiger partial charge in [-0.2, -0.15) is 13.2 Å². The number of aromatic nitrogens is 4. The summed E-state index contributed by atoms with van der Waals surface area (Å²) >= 11 is 0. The topological polar surface area (TPSA) is 54.5 Å². The molecule has 3 aromatic heterocycles. The van der Waals surface area contributed by atoms with Crippen molar-refractivity contribution in [3.05, 3.63) is 101 Å². The zero-order chi connectivity index (χ0) is 23.9. The minimum absolute atomic E-state index is 0.0668. The number of nitrogens with zero attached hydrogens (tertiary/aromatic N) is 3. The first-order chi connectivity index (χ1) is 16.3. The summed E-state index contributed by atoms with van der Waals surface area (Å²) in [5.74, 6) is -0.856. The van der Waals surface area contributed by atoms with Crippen LogP contribution >= 0.6 is 0 Å². The van der Waals surface area contributed by atoms with Gasteiger partial charge in [0.15, 0.2) is 0 Å².